The van der Waals surface area contributed by atoms with E-state index in [-0.39, 0.29) is 0 Å². The highest BCUT2D eigenvalue weighted by molar-refractivity contribution is 4.86. The summed E-state index contributed by atoms with van der Waals surface area (Å²) < 4.78 is 5.51. The first-order chi connectivity index (χ1) is 11.3. The predicted octanol–water partition coefficient (Wildman–Crippen LogP) is 7.70. The van der Waals surface area contributed by atoms with Crippen LogP contribution in [0.2, 0.25) is 0 Å². The van der Waals surface area contributed by atoms with Crippen molar-refractivity contribution in [2.45, 2.75) is 111 Å². The van der Waals surface area contributed by atoms with E-state index in [1.165, 1.54) is 83.5 Å². The molecule has 0 saturated heterocycles. The van der Waals surface area contributed by atoms with Crippen molar-refractivity contribution in [3.8, 4) is 0 Å². The van der Waals surface area contributed by atoms with Gasteiger partial charge in [-0.05, 0) is 38.0 Å². The van der Waals surface area contributed by atoms with Crippen LogP contribution in [0.15, 0.2) is 12.2 Å². The van der Waals surface area contributed by atoms with E-state index in [1.54, 1.807) is 0 Å². The molecule has 0 bridgehead atoms. The SMILES string of the molecule is CCCCCCCCC/C=C/C(C)CCCCCCOCCC. The fraction of sp³-hybridized carbons (Fsp3) is 0.909. The standard InChI is InChI=1S/C22H44O/c1-4-6-7-8-9-10-11-12-15-18-22(3)19-16-13-14-17-21-23-20-5-2/h15,18,22H,4-14,16-17,19-21H2,1-3H3/b18-15+. The zero-order valence-electron chi connectivity index (χ0n) is 16.5. The molecular weight excluding hydrogens is 280 g/mol. The molecule has 0 amide bonds. The van der Waals surface area contributed by atoms with Crippen LogP contribution >= 0.6 is 0 Å². The monoisotopic (exact) mass is 324 g/mol. The molecule has 0 rings (SSSR count). The molecule has 1 nitrogen and oxygen atoms in total. The van der Waals surface area contributed by atoms with Gasteiger partial charge in [-0.15, -0.1) is 0 Å². The molecule has 0 aliphatic rings. The topological polar surface area (TPSA) is 9.23 Å². The Balaban J connectivity index is 3.23. The Hall–Kier alpha value is -0.300. The van der Waals surface area contributed by atoms with Crippen molar-refractivity contribution in [3.05, 3.63) is 12.2 Å². The maximum Gasteiger partial charge on any atom is 0.0466 e. The van der Waals surface area contributed by atoms with Crippen molar-refractivity contribution < 1.29 is 4.74 Å². The summed E-state index contributed by atoms with van der Waals surface area (Å²) in [6.07, 6.45) is 23.8. The van der Waals surface area contributed by atoms with Crippen molar-refractivity contribution in [2.24, 2.45) is 5.92 Å². The minimum Gasteiger partial charge on any atom is -0.381 e. The minimum absolute atomic E-state index is 0.760. The van der Waals surface area contributed by atoms with Crippen LogP contribution in [0.4, 0.5) is 0 Å². The summed E-state index contributed by atoms with van der Waals surface area (Å²) >= 11 is 0. The van der Waals surface area contributed by atoms with Gasteiger partial charge in [0.15, 0.2) is 0 Å². The summed E-state index contributed by atoms with van der Waals surface area (Å²) in [6.45, 7) is 8.71. The first-order valence-corrected chi connectivity index (χ1v) is 10.6. The summed E-state index contributed by atoms with van der Waals surface area (Å²) in [7, 11) is 0. The summed E-state index contributed by atoms with van der Waals surface area (Å²) in [5.74, 6) is 0.760. The number of hydrogen-bond acceptors (Lipinski definition) is 1. The molecule has 1 heteroatoms. The Morgan fingerprint density at radius 2 is 1.35 bits per heavy atom. The van der Waals surface area contributed by atoms with Gasteiger partial charge in [0.1, 0.15) is 0 Å². The first kappa shape index (κ1) is 22.7. The maximum absolute atomic E-state index is 5.51. The van der Waals surface area contributed by atoms with Gasteiger partial charge in [0.2, 0.25) is 0 Å². The highest BCUT2D eigenvalue weighted by atomic mass is 16.5. The third-order valence-electron chi connectivity index (χ3n) is 4.49. The number of allylic oxidation sites excluding steroid dienone is 2. The Kier molecular flexibility index (Phi) is 19.5. The third kappa shape index (κ3) is 19.7. The van der Waals surface area contributed by atoms with Gasteiger partial charge in [0.25, 0.3) is 0 Å². The molecule has 1 unspecified atom stereocenters. The molecule has 0 aromatic heterocycles. The quantitative estimate of drug-likeness (QED) is 0.185. The second-order valence-electron chi connectivity index (χ2n) is 7.13. The van der Waals surface area contributed by atoms with E-state index in [2.05, 4.69) is 32.9 Å². The third-order valence-corrected chi connectivity index (χ3v) is 4.49. The van der Waals surface area contributed by atoms with Crippen molar-refractivity contribution in [3.63, 3.8) is 0 Å². The summed E-state index contributed by atoms with van der Waals surface area (Å²) in [5, 5.41) is 0. The van der Waals surface area contributed by atoms with Crippen LogP contribution in [-0.2, 0) is 4.74 Å². The van der Waals surface area contributed by atoms with E-state index in [4.69, 9.17) is 4.74 Å². The Bertz CT molecular complexity index is 234. The molecule has 0 aliphatic carbocycles. The summed E-state index contributed by atoms with van der Waals surface area (Å²) in [5.41, 5.74) is 0. The van der Waals surface area contributed by atoms with Crippen LogP contribution in [0.5, 0.6) is 0 Å². The molecule has 0 spiro atoms. The Morgan fingerprint density at radius 1 is 0.696 bits per heavy atom. The van der Waals surface area contributed by atoms with Gasteiger partial charge in [-0.3, -0.25) is 0 Å². The molecule has 23 heavy (non-hydrogen) atoms. The molecule has 0 aromatic rings. The van der Waals surface area contributed by atoms with Crippen molar-refractivity contribution in [1.29, 1.82) is 0 Å². The van der Waals surface area contributed by atoms with Gasteiger partial charge in [-0.1, -0.05) is 90.7 Å². The van der Waals surface area contributed by atoms with Gasteiger partial charge in [-0.2, -0.15) is 0 Å². The summed E-state index contributed by atoms with van der Waals surface area (Å²) in [4.78, 5) is 0. The first-order valence-electron chi connectivity index (χ1n) is 10.6. The molecular formula is C22H44O. The molecule has 0 aromatic carbocycles. The van der Waals surface area contributed by atoms with Crippen LogP contribution in [-0.4, -0.2) is 13.2 Å². The van der Waals surface area contributed by atoms with Crippen molar-refractivity contribution in [2.75, 3.05) is 13.2 Å². The zero-order valence-corrected chi connectivity index (χ0v) is 16.5. The fourth-order valence-electron chi connectivity index (χ4n) is 2.91. The lowest BCUT2D eigenvalue weighted by molar-refractivity contribution is 0.130. The van der Waals surface area contributed by atoms with E-state index in [9.17, 15) is 0 Å². The van der Waals surface area contributed by atoms with E-state index in [0.717, 1.165) is 25.6 Å². The van der Waals surface area contributed by atoms with Crippen LogP contribution < -0.4 is 0 Å². The molecule has 0 radical (unpaired) electrons. The molecule has 138 valence electrons. The Morgan fingerprint density at radius 3 is 2.09 bits per heavy atom. The number of unbranched alkanes of at least 4 members (excludes halogenated alkanes) is 10. The largest absolute Gasteiger partial charge is 0.381 e. The average molecular weight is 325 g/mol. The number of ether oxygens (including phenoxy) is 1. The van der Waals surface area contributed by atoms with Gasteiger partial charge in [0.05, 0.1) is 0 Å². The average Bonchev–Trinajstić information content (AvgIpc) is 2.56. The molecule has 0 saturated carbocycles. The smallest absolute Gasteiger partial charge is 0.0466 e. The van der Waals surface area contributed by atoms with E-state index in [1.807, 2.05) is 0 Å². The van der Waals surface area contributed by atoms with E-state index >= 15 is 0 Å². The van der Waals surface area contributed by atoms with Gasteiger partial charge >= 0.3 is 0 Å². The highest BCUT2D eigenvalue weighted by Crippen LogP contribution is 2.13. The number of hydrogen-bond donors (Lipinski definition) is 0. The highest BCUT2D eigenvalue weighted by Gasteiger charge is 1.97. The Labute approximate surface area is 147 Å². The van der Waals surface area contributed by atoms with Gasteiger partial charge < -0.3 is 4.74 Å². The zero-order chi connectivity index (χ0) is 17.0. The number of rotatable bonds is 18. The lowest BCUT2D eigenvalue weighted by atomic mass is 10.0. The van der Waals surface area contributed by atoms with E-state index in [0.29, 0.717) is 0 Å². The maximum atomic E-state index is 5.51. The second kappa shape index (κ2) is 19.7. The minimum atomic E-state index is 0.760. The van der Waals surface area contributed by atoms with Crippen molar-refractivity contribution >= 4 is 0 Å². The normalized spacial score (nSPS) is 13.0. The molecule has 0 aliphatic heterocycles. The van der Waals surface area contributed by atoms with Crippen molar-refractivity contribution in [1.82, 2.24) is 0 Å². The van der Waals surface area contributed by atoms with Crippen LogP contribution in [0.3, 0.4) is 0 Å². The lowest BCUT2D eigenvalue weighted by Gasteiger charge is -2.06. The van der Waals surface area contributed by atoms with Crippen LogP contribution in [0, 0.1) is 5.92 Å². The summed E-state index contributed by atoms with van der Waals surface area (Å²) in [6, 6.07) is 0. The van der Waals surface area contributed by atoms with Crippen LogP contribution in [0.1, 0.15) is 111 Å². The fourth-order valence-corrected chi connectivity index (χ4v) is 2.91. The molecule has 0 heterocycles. The van der Waals surface area contributed by atoms with Crippen LogP contribution in [0.25, 0.3) is 0 Å². The van der Waals surface area contributed by atoms with E-state index < -0.39 is 0 Å². The second-order valence-corrected chi connectivity index (χ2v) is 7.13. The lowest BCUT2D eigenvalue weighted by Crippen LogP contribution is -1.96. The molecule has 0 fully saturated rings. The van der Waals surface area contributed by atoms with Gasteiger partial charge in [-0.25, -0.2) is 0 Å². The molecule has 0 N–H and O–H groups in total. The molecule has 1 atom stereocenters. The van der Waals surface area contributed by atoms with Gasteiger partial charge in [0, 0.05) is 13.2 Å². The predicted molar refractivity (Wildman–Crippen MR) is 105 cm³/mol.